The zero-order chi connectivity index (χ0) is 10.5. The monoisotopic (exact) mass is 263 g/mol. The zero-order valence-corrected chi connectivity index (χ0v) is 9.67. The number of nitrogens with one attached hydrogen (secondary N) is 1. The minimum absolute atomic E-state index is 0.195. The average Bonchev–Trinajstić information content (AvgIpc) is 2.93. The van der Waals surface area contributed by atoms with E-state index < -0.39 is 0 Å². The molecule has 0 bridgehead atoms. The van der Waals surface area contributed by atoms with Crippen molar-refractivity contribution in [3.05, 3.63) is 34.4 Å². The average molecular weight is 264 g/mol. The molecule has 0 amide bonds. The number of benzene rings is 1. The van der Waals surface area contributed by atoms with Crippen LogP contribution >= 0.6 is 15.9 Å². The Morgan fingerprint density at radius 1 is 1.40 bits per heavy atom. The van der Waals surface area contributed by atoms with Crippen LogP contribution in [0.4, 0.5) is 0 Å². The zero-order valence-electron chi connectivity index (χ0n) is 8.09. The molecule has 0 saturated heterocycles. The molecular formula is C12H10BrNO. The van der Waals surface area contributed by atoms with Gasteiger partial charge in [0, 0.05) is 21.6 Å². The van der Waals surface area contributed by atoms with Crippen LogP contribution in [0.5, 0.6) is 0 Å². The van der Waals surface area contributed by atoms with Crippen molar-refractivity contribution >= 4 is 33.1 Å². The van der Waals surface area contributed by atoms with Crippen molar-refractivity contribution < 1.29 is 4.79 Å². The highest BCUT2D eigenvalue weighted by atomic mass is 79.9. The number of rotatable bonds is 2. The second-order valence-electron chi connectivity index (χ2n) is 4.17. The fourth-order valence-corrected chi connectivity index (χ4v) is 2.45. The van der Waals surface area contributed by atoms with Crippen LogP contribution in [0.15, 0.2) is 28.9 Å². The molecule has 0 atom stereocenters. The maximum atomic E-state index is 11.1. The van der Waals surface area contributed by atoms with E-state index in [4.69, 9.17) is 0 Å². The molecule has 0 unspecified atom stereocenters. The highest BCUT2D eigenvalue weighted by molar-refractivity contribution is 9.10. The van der Waals surface area contributed by atoms with E-state index in [2.05, 4.69) is 27.0 Å². The third-order valence-electron chi connectivity index (χ3n) is 3.19. The fraction of sp³-hybridized carbons (Fsp3) is 0.250. The van der Waals surface area contributed by atoms with Gasteiger partial charge in [0.15, 0.2) is 0 Å². The highest BCUT2D eigenvalue weighted by Gasteiger charge is 2.45. The van der Waals surface area contributed by atoms with E-state index in [-0.39, 0.29) is 5.41 Å². The molecular weight excluding hydrogens is 254 g/mol. The van der Waals surface area contributed by atoms with Gasteiger partial charge in [0.1, 0.15) is 6.29 Å². The molecule has 76 valence electrons. The third-order valence-corrected chi connectivity index (χ3v) is 3.69. The standard InChI is InChI=1S/C12H10BrNO/c13-8-1-2-11-9(5-8)10(6-14-11)12(7-15)3-4-12/h1-2,5-7,14H,3-4H2. The lowest BCUT2D eigenvalue weighted by Crippen LogP contribution is -2.06. The number of hydrogen-bond acceptors (Lipinski definition) is 1. The van der Waals surface area contributed by atoms with Crippen LogP contribution in [0.1, 0.15) is 18.4 Å². The van der Waals surface area contributed by atoms with Gasteiger partial charge in [0.05, 0.1) is 5.41 Å². The summed E-state index contributed by atoms with van der Waals surface area (Å²) < 4.78 is 1.05. The van der Waals surface area contributed by atoms with Crippen LogP contribution in [0.25, 0.3) is 10.9 Å². The minimum atomic E-state index is -0.195. The number of aromatic nitrogens is 1. The molecule has 15 heavy (non-hydrogen) atoms. The predicted octanol–water partition coefficient (Wildman–Crippen LogP) is 3.16. The van der Waals surface area contributed by atoms with E-state index in [9.17, 15) is 4.79 Å². The predicted molar refractivity (Wildman–Crippen MR) is 63.0 cm³/mol. The lowest BCUT2D eigenvalue weighted by molar-refractivity contribution is -0.109. The number of fused-ring (bicyclic) bond motifs is 1. The van der Waals surface area contributed by atoms with Gasteiger partial charge in [-0.2, -0.15) is 0 Å². The molecule has 1 aliphatic rings. The molecule has 1 heterocycles. The molecule has 3 rings (SSSR count). The van der Waals surface area contributed by atoms with Crippen LogP contribution in [-0.4, -0.2) is 11.3 Å². The van der Waals surface area contributed by atoms with E-state index in [0.717, 1.165) is 40.1 Å². The summed E-state index contributed by atoms with van der Waals surface area (Å²) in [6.07, 6.45) is 5.03. The van der Waals surface area contributed by atoms with Crippen LogP contribution in [0.3, 0.4) is 0 Å². The molecule has 0 radical (unpaired) electrons. The van der Waals surface area contributed by atoms with Gasteiger partial charge in [-0.15, -0.1) is 0 Å². The number of aldehydes is 1. The lowest BCUT2D eigenvalue weighted by Gasteiger charge is -2.04. The first-order valence-corrected chi connectivity index (χ1v) is 5.78. The highest BCUT2D eigenvalue weighted by Crippen LogP contribution is 2.48. The largest absolute Gasteiger partial charge is 0.361 e. The fourth-order valence-electron chi connectivity index (χ4n) is 2.09. The minimum Gasteiger partial charge on any atom is -0.361 e. The van der Waals surface area contributed by atoms with E-state index in [1.165, 1.54) is 0 Å². The van der Waals surface area contributed by atoms with Crippen LogP contribution < -0.4 is 0 Å². The summed E-state index contributed by atoms with van der Waals surface area (Å²) in [4.78, 5) is 14.3. The molecule has 2 aromatic rings. The van der Waals surface area contributed by atoms with E-state index in [0.29, 0.717) is 0 Å². The van der Waals surface area contributed by atoms with Gasteiger partial charge in [0.2, 0.25) is 0 Å². The van der Waals surface area contributed by atoms with Gasteiger partial charge < -0.3 is 9.78 Å². The van der Waals surface area contributed by atoms with Gasteiger partial charge >= 0.3 is 0 Å². The molecule has 1 aromatic carbocycles. The third kappa shape index (κ3) is 1.26. The van der Waals surface area contributed by atoms with Crippen molar-refractivity contribution in [2.24, 2.45) is 0 Å². The second-order valence-corrected chi connectivity index (χ2v) is 5.08. The molecule has 1 N–H and O–H groups in total. The number of carbonyl (C=O) groups excluding carboxylic acids is 1. The summed E-state index contributed by atoms with van der Waals surface area (Å²) in [6.45, 7) is 0. The van der Waals surface area contributed by atoms with Crippen molar-refractivity contribution in [1.29, 1.82) is 0 Å². The smallest absolute Gasteiger partial charge is 0.130 e. The molecule has 1 fully saturated rings. The van der Waals surface area contributed by atoms with E-state index in [1.54, 1.807) is 0 Å². The summed E-state index contributed by atoms with van der Waals surface area (Å²) in [7, 11) is 0. The summed E-state index contributed by atoms with van der Waals surface area (Å²) in [5.74, 6) is 0. The van der Waals surface area contributed by atoms with Crippen molar-refractivity contribution in [3.63, 3.8) is 0 Å². The van der Waals surface area contributed by atoms with Gasteiger partial charge in [-0.05, 0) is 36.6 Å². The van der Waals surface area contributed by atoms with E-state index in [1.807, 2.05) is 18.3 Å². The Balaban J connectivity index is 2.27. The normalized spacial score (nSPS) is 17.9. The summed E-state index contributed by atoms with van der Waals surface area (Å²) in [6, 6.07) is 6.11. The Kier molecular flexibility index (Phi) is 1.80. The van der Waals surface area contributed by atoms with Gasteiger partial charge in [-0.25, -0.2) is 0 Å². The van der Waals surface area contributed by atoms with Crippen molar-refractivity contribution in [1.82, 2.24) is 4.98 Å². The van der Waals surface area contributed by atoms with Gasteiger partial charge in [-0.3, -0.25) is 0 Å². The quantitative estimate of drug-likeness (QED) is 0.830. The number of H-pyrrole nitrogens is 1. The first kappa shape index (κ1) is 9.16. The Bertz CT molecular complexity index is 540. The van der Waals surface area contributed by atoms with Crippen molar-refractivity contribution in [3.8, 4) is 0 Å². The topological polar surface area (TPSA) is 32.9 Å². The molecule has 1 saturated carbocycles. The first-order chi connectivity index (χ1) is 7.25. The maximum Gasteiger partial charge on any atom is 0.130 e. The van der Waals surface area contributed by atoms with Gasteiger partial charge in [0.25, 0.3) is 0 Å². The second kappa shape index (κ2) is 2.95. The van der Waals surface area contributed by atoms with E-state index >= 15 is 0 Å². The van der Waals surface area contributed by atoms with Crippen LogP contribution in [0, 0.1) is 0 Å². The molecule has 3 heteroatoms. The molecule has 1 aromatic heterocycles. The number of carbonyl (C=O) groups is 1. The van der Waals surface area contributed by atoms with Gasteiger partial charge in [-0.1, -0.05) is 15.9 Å². The molecule has 0 spiro atoms. The van der Waals surface area contributed by atoms with Crippen LogP contribution in [0.2, 0.25) is 0 Å². The molecule has 2 nitrogen and oxygen atoms in total. The molecule has 0 aliphatic heterocycles. The Morgan fingerprint density at radius 2 is 2.20 bits per heavy atom. The summed E-state index contributed by atoms with van der Waals surface area (Å²) >= 11 is 3.46. The SMILES string of the molecule is O=CC1(c2c[nH]c3ccc(Br)cc23)CC1. The number of aromatic amines is 1. The number of halogens is 1. The maximum absolute atomic E-state index is 11.1. The van der Waals surface area contributed by atoms with Crippen LogP contribution in [-0.2, 0) is 10.2 Å². The van der Waals surface area contributed by atoms with Crippen molar-refractivity contribution in [2.75, 3.05) is 0 Å². The Labute approximate surface area is 95.8 Å². The summed E-state index contributed by atoms with van der Waals surface area (Å²) in [5.41, 5.74) is 2.05. The molecule has 1 aliphatic carbocycles. The Morgan fingerprint density at radius 3 is 2.87 bits per heavy atom. The summed E-state index contributed by atoms with van der Waals surface area (Å²) in [5, 5.41) is 1.16. The lowest BCUT2D eigenvalue weighted by atomic mass is 9.97. The Hall–Kier alpha value is -1.09. The number of hydrogen-bond donors (Lipinski definition) is 1. The first-order valence-electron chi connectivity index (χ1n) is 4.99. The van der Waals surface area contributed by atoms with Crippen molar-refractivity contribution in [2.45, 2.75) is 18.3 Å².